The summed E-state index contributed by atoms with van der Waals surface area (Å²) in [4.78, 5) is 0. The molecule has 1 aliphatic heterocycles. The second kappa shape index (κ2) is 6.78. The molecule has 0 aromatic carbocycles. The standard InChI is InChI=1S/C12H16F3N3O3S/c13-12(14,15)5-8-22(19,20)18-7-2-3-10(9-18)21-11-4-1-6-16-17-11/h1,4,6,10H,2-3,5,7-9H2. The third kappa shape index (κ3) is 5.09. The molecule has 10 heteroatoms. The van der Waals surface area contributed by atoms with Crippen molar-refractivity contribution in [3.05, 3.63) is 18.3 Å². The van der Waals surface area contributed by atoms with Crippen LogP contribution in [0.1, 0.15) is 19.3 Å². The van der Waals surface area contributed by atoms with E-state index in [-0.39, 0.29) is 19.0 Å². The molecular weight excluding hydrogens is 323 g/mol. The Labute approximate surface area is 126 Å². The van der Waals surface area contributed by atoms with Gasteiger partial charge in [0.2, 0.25) is 15.9 Å². The minimum absolute atomic E-state index is 0.0246. The van der Waals surface area contributed by atoms with E-state index in [2.05, 4.69) is 10.2 Å². The van der Waals surface area contributed by atoms with Crippen molar-refractivity contribution in [1.82, 2.24) is 14.5 Å². The van der Waals surface area contributed by atoms with Gasteiger partial charge in [-0.25, -0.2) is 8.42 Å². The first-order valence-electron chi connectivity index (χ1n) is 6.75. The van der Waals surface area contributed by atoms with Crippen LogP contribution in [0, 0.1) is 0 Å². The molecule has 1 atom stereocenters. The highest BCUT2D eigenvalue weighted by atomic mass is 32.2. The van der Waals surface area contributed by atoms with Crippen LogP contribution in [0.4, 0.5) is 13.2 Å². The topological polar surface area (TPSA) is 72.4 Å². The lowest BCUT2D eigenvalue weighted by Crippen LogP contribution is -2.45. The Morgan fingerprint density at radius 3 is 2.82 bits per heavy atom. The molecule has 1 aromatic rings. The molecule has 1 unspecified atom stereocenters. The summed E-state index contributed by atoms with van der Waals surface area (Å²) in [5.41, 5.74) is 0. The molecule has 22 heavy (non-hydrogen) atoms. The molecule has 1 fully saturated rings. The zero-order valence-corrected chi connectivity index (χ0v) is 12.5. The highest BCUT2D eigenvalue weighted by Crippen LogP contribution is 2.23. The monoisotopic (exact) mass is 339 g/mol. The van der Waals surface area contributed by atoms with E-state index < -0.39 is 34.5 Å². The van der Waals surface area contributed by atoms with Crippen molar-refractivity contribution in [1.29, 1.82) is 0 Å². The predicted octanol–water partition coefficient (Wildman–Crippen LogP) is 1.60. The average Bonchev–Trinajstić information content (AvgIpc) is 2.46. The van der Waals surface area contributed by atoms with Gasteiger partial charge in [0.05, 0.1) is 18.7 Å². The summed E-state index contributed by atoms with van der Waals surface area (Å²) in [5, 5.41) is 7.38. The minimum Gasteiger partial charge on any atom is -0.472 e. The van der Waals surface area contributed by atoms with Crippen molar-refractivity contribution in [3.63, 3.8) is 0 Å². The molecule has 0 bridgehead atoms. The minimum atomic E-state index is -4.49. The van der Waals surface area contributed by atoms with E-state index >= 15 is 0 Å². The van der Waals surface area contributed by atoms with Crippen LogP contribution in [0.3, 0.4) is 0 Å². The SMILES string of the molecule is O=S(=O)(CCC(F)(F)F)N1CCCC(Oc2cccnn2)C1. The summed E-state index contributed by atoms with van der Waals surface area (Å²) in [6, 6.07) is 3.22. The number of alkyl halides is 3. The van der Waals surface area contributed by atoms with Gasteiger partial charge in [0.25, 0.3) is 0 Å². The smallest absolute Gasteiger partial charge is 0.390 e. The molecule has 1 aliphatic rings. The molecule has 6 nitrogen and oxygen atoms in total. The van der Waals surface area contributed by atoms with E-state index in [1.165, 1.54) is 6.20 Å². The maximum absolute atomic E-state index is 12.2. The number of halogens is 3. The fourth-order valence-corrected chi connectivity index (χ4v) is 3.70. The van der Waals surface area contributed by atoms with Gasteiger partial charge in [-0.1, -0.05) is 0 Å². The lowest BCUT2D eigenvalue weighted by molar-refractivity contribution is -0.130. The number of rotatable bonds is 5. The quantitative estimate of drug-likeness (QED) is 0.815. The van der Waals surface area contributed by atoms with Gasteiger partial charge in [-0.15, -0.1) is 5.10 Å². The second-order valence-electron chi connectivity index (χ2n) is 4.98. The maximum atomic E-state index is 12.2. The number of sulfonamides is 1. The fraction of sp³-hybridized carbons (Fsp3) is 0.667. The van der Waals surface area contributed by atoms with Gasteiger partial charge in [-0.05, 0) is 18.9 Å². The first-order valence-corrected chi connectivity index (χ1v) is 8.36. The van der Waals surface area contributed by atoms with Crippen LogP contribution in [0.2, 0.25) is 0 Å². The lowest BCUT2D eigenvalue weighted by atomic mass is 10.1. The van der Waals surface area contributed by atoms with Gasteiger partial charge >= 0.3 is 6.18 Å². The van der Waals surface area contributed by atoms with Crippen molar-refractivity contribution in [3.8, 4) is 5.88 Å². The molecule has 0 aliphatic carbocycles. The molecule has 0 spiro atoms. The van der Waals surface area contributed by atoms with Crippen LogP contribution >= 0.6 is 0 Å². The van der Waals surface area contributed by atoms with Crippen molar-refractivity contribution in [2.75, 3.05) is 18.8 Å². The third-order valence-corrected chi connectivity index (χ3v) is 5.05. The van der Waals surface area contributed by atoms with E-state index in [1.807, 2.05) is 0 Å². The highest BCUT2D eigenvalue weighted by Gasteiger charge is 2.35. The summed E-state index contributed by atoms with van der Waals surface area (Å²) in [5.74, 6) is -0.670. The Kier molecular flexibility index (Phi) is 5.22. The summed E-state index contributed by atoms with van der Waals surface area (Å²) in [6.07, 6.45) is -3.66. The van der Waals surface area contributed by atoms with Crippen LogP contribution < -0.4 is 4.74 Å². The van der Waals surface area contributed by atoms with Crippen LogP contribution in [0.15, 0.2) is 18.3 Å². The van der Waals surface area contributed by atoms with Gasteiger partial charge in [0.15, 0.2) is 0 Å². The number of nitrogens with zero attached hydrogens (tertiary/aromatic N) is 3. The molecule has 2 rings (SSSR count). The molecule has 2 heterocycles. The maximum Gasteiger partial charge on any atom is 0.390 e. The molecule has 1 aromatic heterocycles. The third-order valence-electron chi connectivity index (χ3n) is 3.21. The Balaban J connectivity index is 1.95. The van der Waals surface area contributed by atoms with Crippen molar-refractivity contribution >= 4 is 10.0 Å². The van der Waals surface area contributed by atoms with Gasteiger partial charge in [-0.2, -0.15) is 22.6 Å². The summed E-state index contributed by atoms with van der Waals surface area (Å²) < 4.78 is 67.1. The summed E-state index contributed by atoms with van der Waals surface area (Å²) >= 11 is 0. The number of hydrogen-bond donors (Lipinski definition) is 0. The number of hydrogen-bond acceptors (Lipinski definition) is 5. The van der Waals surface area contributed by atoms with Crippen LogP contribution in [-0.2, 0) is 10.0 Å². The van der Waals surface area contributed by atoms with E-state index in [0.717, 1.165) is 4.31 Å². The second-order valence-corrected chi connectivity index (χ2v) is 7.07. The Morgan fingerprint density at radius 1 is 1.41 bits per heavy atom. The lowest BCUT2D eigenvalue weighted by Gasteiger charge is -2.31. The van der Waals surface area contributed by atoms with Crippen LogP contribution in [-0.4, -0.2) is 54.0 Å². The molecular formula is C12H16F3N3O3S. The van der Waals surface area contributed by atoms with Gasteiger partial charge in [0, 0.05) is 18.8 Å². The first kappa shape index (κ1) is 16.9. The largest absolute Gasteiger partial charge is 0.472 e. The molecule has 0 saturated carbocycles. The number of piperidine rings is 1. The molecule has 0 amide bonds. The predicted molar refractivity (Wildman–Crippen MR) is 71.7 cm³/mol. The fourth-order valence-electron chi connectivity index (χ4n) is 2.15. The Bertz CT molecular complexity index is 580. The first-order chi connectivity index (χ1) is 10.3. The number of ether oxygens (including phenoxy) is 1. The van der Waals surface area contributed by atoms with Crippen LogP contribution in [0.5, 0.6) is 5.88 Å². The van der Waals surface area contributed by atoms with Gasteiger partial charge < -0.3 is 4.74 Å². The molecule has 1 saturated heterocycles. The molecule has 0 N–H and O–H groups in total. The summed E-state index contributed by atoms with van der Waals surface area (Å²) in [6.45, 7) is 0.233. The van der Waals surface area contributed by atoms with Gasteiger partial charge in [-0.3, -0.25) is 0 Å². The molecule has 0 radical (unpaired) electrons. The van der Waals surface area contributed by atoms with Crippen molar-refractivity contribution in [2.24, 2.45) is 0 Å². The highest BCUT2D eigenvalue weighted by molar-refractivity contribution is 7.89. The normalized spacial score (nSPS) is 20.8. The zero-order valence-electron chi connectivity index (χ0n) is 11.7. The molecule has 124 valence electrons. The van der Waals surface area contributed by atoms with Crippen molar-refractivity contribution in [2.45, 2.75) is 31.5 Å². The van der Waals surface area contributed by atoms with Crippen molar-refractivity contribution < 1.29 is 26.3 Å². The van der Waals surface area contributed by atoms with E-state index in [4.69, 9.17) is 4.74 Å². The zero-order chi connectivity index (χ0) is 16.2. The van der Waals surface area contributed by atoms with E-state index in [0.29, 0.717) is 12.8 Å². The van der Waals surface area contributed by atoms with Crippen LogP contribution in [0.25, 0.3) is 0 Å². The average molecular weight is 339 g/mol. The van der Waals surface area contributed by atoms with E-state index in [1.54, 1.807) is 12.1 Å². The summed E-state index contributed by atoms with van der Waals surface area (Å²) in [7, 11) is -3.94. The van der Waals surface area contributed by atoms with E-state index in [9.17, 15) is 21.6 Å². The Morgan fingerprint density at radius 2 is 2.18 bits per heavy atom. The number of aromatic nitrogens is 2. The van der Waals surface area contributed by atoms with Gasteiger partial charge in [0.1, 0.15) is 6.10 Å². The Hall–Kier alpha value is -1.42.